The third-order valence-corrected chi connectivity index (χ3v) is 3.43. The van der Waals surface area contributed by atoms with E-state index in [0.29, 0.717) is 0 Å². The van der Waals surface area contributed by atoms with Crippen molar-refractivity contribution < 1.29 is 4.79 Å². The van der Waals surface area contributed by atoms with Crippen molar-refractivity contribution in [3.8, 4) is 10.6 Å². The number of rotatable bonds is 3. The van der Waals surface area contributed by atoms with Crippen molar-refractivity contribution in [1.82, 2.24) is 19.8 Å². The Morgan fingerprint density at radius 2 is 2.11 bits per heavy atom. The minimum Gasteiger partial charge on any atom is -0.369 e. The first kappa shape index (κ1) is 10.8. The van der Waals surface area contributed by atoms with Gasteiger partial charge in [0.1, 0.15) is 11.3 Å². The van der Waals surface area contributed by atoms with E-state index in [1.54, 1.807) is 10.8 Å². The number of nitrogens with zero attached hydrogens (tertiary/aromatic N) is 4. The summed E-state index contributed by atoms with van der Waals surface area (Å²) in [6, 6.07) is 7.60. The lowest BCUT2D eigenvalue weighted by molar-refractivity contribution is -0.117. The second kappa shape index (κ2) is 4.19. The van der Waals surface area contributed by atoms with E-state index in [1.165, 1.54) is 11.3 Å². The van der Waals surface area contributed by atoms with Crippen molar-refractivity contribution >= 4 is 22.2 Å². The smallest absolute Gasteiger partial charge is 0.234 e. The van der Waals surface area contributed by atoms with Crippen LogP contribution in [0.1, 0.15) is 5.56 Å². The van der Waals surface area contributed by atoms with Crippen LogP contribution in [0.5, 0.6) is 0 Å². The van der Waals surface area contributed by atoms with Gasteiger partial charge in [0, 0.05) is 5.56 Å². The fourth-order valence-corrected chi connectivity index (χ4v) is 2.47. The first-order chi connectivity index (χ1) is 8.72. The molecular formula is C11H9N5OS. The van der Waals surface area contributed by atoms with E-state index in [-0.39, 0.29) is 12.3 Å². The van der Waals surface area contributed by atoms with Crippen LogP contribution in [0.15, 0.2) is 30.6 Å². The zero-order valence-corrected chi connectivity index (χ0v) is 10.1. The molecule has 0 atom stereocenters. The Balaban J connectivity index is 1.92. The van der Waals surface area contributed by atoms with Gasteiger partial charge in [0.2, 0.25) is 10.9 Å². The molecule has 3 rings (SSSR count). The van der Waals surface area contributed by atoms with Gasteiger partial charge in [0.05, 0.1) is 6.42 Å². The fourth-order valence-electron chi connectivity index (χ4n) is 1.64. The van der Waals surface area contributed by atoms with Gasteiger partial charge in [-0.15, -0.1) is 10.2 Å². The van der Waals surface area contributed by atoms with Crippen LogP contribution in [0.2, 0.25) is 0 Å². The maximum atomic E-state index is 10.8. The summed E-state index contributed by atoms with van der Waals surface area (Å²) in [6.45, 7) is 0. The second-order valence-electron chi connectivity index (χ2n) is 3.81. The lowest BCUT2D eigenvalue weighted by Gasteiger charge is -1.99. The summed E-state index contributed by atoms with van der Waals surface area (Å²) < 4.78 is 1.64. The molecule has 18 heavy (non-hydrogen) atoms. The van der Waals surface area contributed by atoms with Crippen molar-refractivity contribution in [2.75, 3.05) is 0 Å². The molecule has 0 aliphatic heterocycles. The van der Waals surface area contributed by atoms with E-state index >= 15 is 0 Å². The van der Waals surface area contributed by atoms with Crippen LogP contribution >= 0.6 is 11.3 Å². The van der Waals surface area contributed by atoms with Crippen LogP contribution in [0.3, 0.4) is 0 Å². The highest BCUT2D eigenvalue weighted by Gasteiger charge is 2.07. The van der Waals surface area contributed by atoms with Gasteiger partial charge in [-0.25, -0.2) is 0 Å². The molecular weight excluding hydrogens is 250 g/mol. The average Bonchev–Trinajstić information content (AvgIpc) is 2.89. The summed E-state index contributed by atoms with van der Waals surface area (Å²) >= 11 is 1.46. The molecule has 1 amide bonds. The van der Waals surface area contributed by atoms with Crippen LogP contribution in [0.25, 0.3) is 15.5 Å². The van der Waals surface area contributed by atoms with Gasteiger partial charge in [-0.2, -0.15) is 9.61 Å². The number of benzene rings is 1. The molecule has 0 radical (unpaired) electrons. The summed E-state index contributed by atoms with van der Waals surface area (Å²) in [5.41, 5.74) is 7.03. The SMILES string of the molecule is NC(=O)Cc1ccc(-c2nn3cnnc3s2)cc1. The molecule has 0 aliphatic carbocycles. The van der Waals surface area contributed by atoms with Crippen molar-refractivity contribution in [1.29, 1.82) is 0 Å². The van der Waals surface area contributed by atoms with E-state index in [2.05, 4.69) is 15.3 Å². The number of primary amides is 1. The van der Waals surface area contributed by atoms with Gasteiger partial charge < -0.3 is 5.73 Å². The molecule has 1 aromatic carbocycles. The molecule has 7 heteroatoms. The third-order valence-electron chi connectivity index (χ3n) is 2.47. The van der Waals surface area contributed by atoms with Crippen LogP contribution in [-0.2, 0) is 11.2 Å². The fraction of sp³-hybridized carbons (Fsp3) is 0.0909. The summed E-state index contributed by atoms with van der Waals surface area (Å²) in [7, 11) is 0. The lowest BCUT2D eigenvalue weighted by atomic mass is 10.1. The number of amides is 1. The zero-order valence-electron chi connectivity index (χ0n) is 9.28. The molecule has 6 nitrogen and oxygen atoms in total. The summed E-state index contributed by atoms with van der Waals surface area (Å²) in [4.78, 5) is 11.6. The Morgan fingerprint density at radius 3 is 2.78 bits per heavy atom. The number of fused-ring (bicyclic) bond motifs is 1. The van der Waals surface area contributed by atoms with E-state index in [9.17, 15) is 4.79 Å². The lowest BCUT2D eigenvalue weighted by Crippen LogP contribution is -2.13. The molecule has 0 saturated carbocycles. The van der Waals surface area contributed by atoms with Crippen LogP contribution in [0, 0.1) is 0 Å². The predicted molar refractivity (Wildman–Crippen MR) is 67.0 cm³/mol. The highest BCUT2D eigenvalue weighted by molar-refractivity contribution is 7.19. The molecule has 3 aromatic rings. The highest BCUT2D eigenvalue weighted by Crippen LogP contribution is 2.24. The van der Waals surface area contributed by atoms with Gasteiger partial charge in [-0.3, -0.25) is 4.79 Å². The van der Waals surface area contributed by atoms with Crippen molar-refractivity contribution in [3.05, 3.63) is 36.2 Å². The maximum absolute atomic E-state index is 10.8. The summed E-state index contributed by atoms with van der Waals surface area (Å²) in [5.74, 6) is -0.332. The number of carbonyl (C=O) groups is 1. The molecule has 0 saturated heterocycles. The largest absolute Gasteiger partial charge is 0.369 e. The quantitative estimate of drug-likeness (QED) is 0.756. The minimum absolute atomic E-state index is 0.255. The summed E-state index contributed by atoms with van der Waals surface area (Å²) in [6.07, 6.45) is 1.82. The number of hydrogen-bond acceptors (Lipinski definition) is 5. The zero-order chi connectivity index (χ0) is 12.5. The van der Waals surface area contributed by atoms with Gasteiger partial charge in [-0.05, 0) is 5.56 Å². The number of carbonyl (C=O) groups excluding carboxylic acids is 1. The van der Waals surface area contributed by atoms with Crippen molar-refractivity contribution in [3.63, 3.8) is 0 Å². The number of aromatic nitrogens is 4. The molecule has 2 heterocycles. The Kier molecular flexibility index (Phi) is 2.52. The van der Waals surface area contributed by atoms with Crippen LogP contribution in [-0.4, -0.2) is 25.7 Å². The number of nitrogens with two attached hydrogens (primary N) is 1. The Labute approximate surface area is 106 Å². The number of hydrogen-bond donors (Lipinski definition) is 1. The molecule has 90 valence electrons. The van der Waals surface area contributed by atoms with E-state index in [0.717, 1.165) is 21.1 Å². The van der Waals surface area contributed by atoms with Crippen molar-refractivity contribution in [2.24, 2.45) is 5.73 Å². The molecule has 0 spiro atoms. The van der Waals surface area contributed by atoms with E-state index in [4.69, 9.17) is 5.73 Å². The minimum atomic E-state index is -0.332. The first-order valence-electron chi connectivity index (χ1n) is 5.27. The molecule has 0 bridgehead atoms. The normalized spacial score (nSPS) is 10.9. The molecule has 2 aromatic heterocycles. The predicted octanol–water partition coefficient (Wildman–Crippen LogP) is 0.881. The van der Waals surface area contributed by atoms with Crippen LogP contribution in [0.4, 0.5) is 0 Å². The van der Waals surface area contributed by atoms with Crippen LogP contribution < -0.4 is 5.73 Å². The second-order valence-corrected chi connectivity index (χ2v) is 4.76. The van der Waals surface area contributed by atoms with Gasteiger partial charge in [0.25, 0.3) is 0 Å². The van der Waals surface area contributed by atoms with Gasteiger partial charge in [0.15, 0.2) is 0 Å². The monoisotopic (exact) mass is 259 g/mol. The topological polar surface area (TPSA) is 86.2 Å². The van der Waals surface area contributed by atoms with Crippen molar-refractivity contribution in [2.45, 2.75) is 6.42 Å². The maximum Gasteiger partial charge on any atom is 0.234 e. The first-order valence-corrected chi connectivity index (χ1v) is 6.08. The molecule has 0 fully saturated rings. The van der Waals surface area contributed by atoms with E-state index < -0.39 is 0 Å². The summed E-state index contributed by atoms with van der Waals surface area (Å²) in [5, 5.41) is 12.9. The Bertz CT molecular complexity index is 671. The van der Waals surface area contributed by atoms with Gasteiger partial charge >= 0.3 is 0 Å². The molecule has 2 N–H and O–H groups in total. The van der Waals surface area contributed by atoms with E-state index in [1.807, 2.05) is 24.3 Å². The van der Waals surface area contributed by atoms with Gasteiger partial charge in [-0.1, -0.05) is 35.6 Å². The average molecular weight is 259 g/mol. The molecule has 0 unspecified atom stereocenters. The highest BCUT2D eigenvalue weighted by atomic mass is 32.1. The third kappa shape index (κ3) is 1.95. The Morgan fingerprint density at radius 1 is 1.33 bits per heavy atom. The Hall–Kier alpha value is -2.28. The standard InChI is InChI=1S/C11H9N5OS/c12-9(17)5-7-1-3-8(4-2-7)10-15-16-6-13-14-11(16)18-10/h1-4,6H,5H2,(H2,12,17). The molecule has 0 aliphatic rings.